The van der Waals surface area contributed by atoms with Crippen LogP contribution in [0.1, 0.15) is 50.7 Å². The number of benzene rings is 1. The van der Waals surface area contributed by atoms with Gasteiger partial charge in [0.05, 0.1) is 0 Å². The van der Waals surface area contributed by atoms with Crippen LogP contribution in [0.2, 0.25) is 0 Å². The van der Waals surface area contributed by atoms with E-state index in [-0.39, 0.29) is 11.8 Å². The van der Waals surface area contributed by atoms with Gasteiger partial charge in [-0.25, -0.2) is 9.52 Å². The van der Waals surface area contributed by atoms with E-state index in [1.807, 2.05) is 50.6 Å². The first kappa shape index (κ1) is 19.8. The molecule has 1 aromatic carbocycles. The highest BCUT2D eigenvalue weighted by molar-refractivity contribution is 7.90. The zero-order valence-electron chi connectivity index (χ0n) is 14.9. The molecule has 7 nitrogen and oxygen atoms in total. The Labute approximate surface area is 152 Å². The van der Waals surface area contributed by atoms with Gasteiger partial charge >= 0.3 is 6.03 Å². The van der Waals surface area contributed by atoms with Gasteiger partial charge in [0.25, 0.3) is 10.0 Å². The lowest BCUT2D eigenvalue weighted by atomic mass is 9.93. The minimum absolute atomic E-state index is 0.128. The molecule has 0 saturated heterocycles. The third-order valence-electron chi connectivity index (χ3n) is 3.72. The summed E-state index contributed by atoms with van der Waals surface area (Å²) in [4.78, 5) is 12.3. The minimum atomic E-state index is -4.26. The number of halogens is 1. The maximum Gasteiger partial charge on any atom is 0.333 e. The van der Waals surface area contributed by atoms with E-state index in [1.165, 1.54) is 0 Å². The summed E-state index contributed by atoms with van der Waals surface area (Å²) < 4.78 is 39.0. The van der Waals surface area contributed by atoms with E-state index >= 15 is 0 Å². The molecule has 2 aromatic rings. The number of sulfonamides is 1. The van der Waals surface area contributed by atoms with Gasteiger partial charge in [-0.2, -0.15) is 12.8 Å². The van der Waals surface area contributed by atoms with Gasteiger partial charge in [-0.1, -0.05) is 45.9 Å². The lowest BCUT2D eigenvalue weighted by molar-refractivity contribution is 0.256. The second-order valence-corrected chi connectivity index (χ2v) is 8.00. The molecule has 0 fully saturated rings. The van der Waals surface area contributed by atoms with Crippen LogP contribution in [0.4, 0.5) is 14.9 Å². The second kappa shape index (κ2) is 7.77. The van der Waals surface area contributed by atoms with Crippen molar-refractivity contribution in [1.82, 2.24) is 14.9 Å². The predicted octanol–water partition coefficient (Wildman–Crippen LogP) is 3.37. The van der Waals surface area contributed by atoms with Crippen molar-refractivity contribution < 1.29 is 17.6 Å². The Kier molecular flexibility index (Phi) is 5.91. The van der Waals surface area contributed by atoms with Gasteiger partial charge in [-0.05, 0) is 35.1 Å². The quantitative estimate of drug-likeness (QED) is 0.828. The summed E-state index contributed by atoms with van der Waals surface area (Å²) in [5.41, 5.74) is 2.37. The molecule has 0 aliphatic carbocycles. The zero-order chi connectivity index (χ0) is 19.5. The lowest BCUT2D eigenvalue weighted by Crippen LogP contribution is -2.35. The maximum absolute atomic E-state index is 12.8. The van der Waals surface area contributed by atoms with Crippen molar-refractivity contribution in [2.24, 2.45) is 0 Å². The van der Waals surface area contributed by atoms with Crippen LogP contribution in [0, 0.1) is 5.95 Å². The number of nitrogens with one attached hydrogen (secondary N) is 2. The molecule has 0 unspecified atom stereocenters. The molecule has 0 atom stereocenters. The van der Waals surface area contributed by atoms with E-state index in [4.69, 9.17) is 0 Å². The number of carbonyl (C=O) groups is 1. The molecule has 0 aliphatic heterocycles. The van der Waals surface area contributed by atoms with Crippen molar-refractivity contribution >= 4 is 21.7 Å². The van der Waals surface area contributed by atoms with Crippen LogP contribution in [0.15, 0.2) is 35.4 Å². The Morgan fingerprint density at radius 1 is 1.00 bits per heavy atom. The number of para-hydroxylation sites is 1. The van der Waals surface area contributed by atoms with Crippen LogP contribution in [-0.4, -0.2) is 24.6 Å². The molecule has 26 heavy (non-hydrogen) atoms. The van der Waals surface area contributed by atoms with Crippen LogP contribution in [-0.2, 0) is 10.0 Å². The van der Waals surface area contributed by atoms with Crippen molar-refractivity contribution in [3.8, 4) is 0 Å². The first-order valence-electron chi connectivity index (χ1n) is 8.07. The number of hydrogen-bond donors (Lipinski definition) is 2. The number of urea groups is 1. The fourth-order valence-corrected chi connectivity index (χ4v) is 3.25. The van der Waals surface area contributed by atoms with E-state index in [1.54, 1.807) is 0 Å². The van der Waals surface area contributed by atoms with Gasteiger partial charge < -0.3 is 5.32 Å². The Morgan fingerprint density at radius 2 is 1.58 bits per heavy atom. The van der Waals surface area contributed by atoms with Crippen molar-refractivity contribution in [2.45, 2.75) is 44.6 Å². The molecule has 0 radical (unpaired) electrons. The summed E-state index contributed by atoms with van der Waals surface area (Å²) in [5.74, 6) is -0.659. The van der Waals surface area contributed by atoms with Gasteiger partial charge in [-0.15, -0.1) is 10.2 Å². The molecule has 0 spiro atoms. The zero-order valence-corrected chi connectivity index (χ0v) is 15.8. The fourth-order valence-electron chi connectivity index (χ4n) is 2.46. The summed E-state index contributed by atoms with van der Waals surface area (Å²) >= 11 is 0. The van der Waals surface area contributed by atoms with Crippen LogP contribution in [0.25, 0.3) is 0 Å². The van der Waals surface area contributed by atoms with Crippen LogP contribution in [0.5, 0.6) is 0 Å². The number of hydrogen-bond acceptors (Lipinski definition) is 5. The number of amides is 2. The smallest absolute Gasteiger partial charge is 0.307 e. The number of anilines is 1. The first-order chi connectivity index (χ1) is 12.1. The average Bonchev–Trinajstić information content (AvgIpc) is 2.54. The van der Waals surface area contributed by atoms with Crippen molar-refractivity contribution in [3.05, 3.63) is 47.4 Å². The van der Waals surface area contributed by atoms with Crippen molar-refractivity contribution in [1.29, 1.82) is 0 Å². The monoisotopic (exact) mass is 380 g/mol. The molecule has 1 heterocycles. The molecule has 0 bridgehead atoms. The molecule has 2 N–H and O–H groups in total. The number of rotatable bonds is 5. The molecular formula is C17H21FN4O3S. The molecule has 0 saturated carbocycles. The van der Waals surface area contributed by atoms with Crippen LogP contribution < -0.4 is 10.0 Å². The van der Waals surface area contributed by atoms with E-state index in [2.05, 4.69) is 15.5 Å². The highest BCUT2D eigenvalue weighted by Crippen LogP contribution is 2.32. The van der Waals surface area contributed by atoms with E-state index in [9.17, 15) is 17.6 Å². The largest absolute Gasteiger partial charge is 0.333 e. The summed E-state index contributed by atoms with van der Waals surface area (Å²) in [6.45, 7) is 7.92. The summed E-state index contributed by atoms with van der Waals surface area (Å²) in [6, 6.07) is 6.52. The second-order valence-electron chi connectivity index (χ2n) is 6.37. The number of aromatic nitrogens is 2. The van der Waals surface area contributed by atoms with E-state index in [0.29, 0.717) is 5.69 Å². The Balaban J connectivity index is 2.29. The average molecular weight is 380 g/mol. The predicted molar refractivity (Wildman–Crippen MR) is 96.0 cm³/mol. The Hall–Kier alpha value is -2.55. The van der Waals surface area contributed by atoms with E-state index in [0.717, 1.165) is 23.3 Å². The fraction of sp³-hybridized carbons (Fsp3) is 0.353. The molecular weight excluding hydrogens is 359 g/mol. The SMILES string of the molecule is CC(C)c1cccc(C(C)C)c1NC(=O)NS(=O)(=O)c1ccc(F)nn1. The molecule has 1 aromatic heterocycles. The van der Waals surface area contributed by atoms with Gasteiger partial charge in [0.15, 0.2) is 5.03 Å². The summed E-state index contributed by atoms with van der Waals surface area (Å²) in [5, 5.41) is 8.37. The highest BCUT2D eigenvalue weighted by Gasteiger charge is 2.22. The topological polar surface area (TPSA) is 101 Å². The molecule has 2 rings (SSSR count). The lowest BCUT2D eigenvalue weighted by Gasteiger charge is -2.20. The standard InChI is InChI=1S/C17H21FN4O3S/c1-10(2)12-6-5-7-13(11(3)4)16(12)19-17(23)22-26(24,25)15-9-8-14(18)20-21-15/h5-11H,1-4H3,(H2,19,22,23). The maximum atomic E-state index is 12.8. The first-order valence-corrected chi connectivity index (χ1v) is 9.56. The summed E-state index contributed by atoms with van der Waals surface area (Å²) in [6.07, 6.45) is 0. The third kappa shape index (κ3) is 4.54. The normalized spacial score (nSPS) is 11.7. The minimum Gasteiger partial charge on any atom is -0.307 e. The van der Waals surface area contributed by atoms with Gasteiger partial charge in [0.1, 0.15) is 0 Å². The van der Waals surface area contributed by atoms with Crippen molar-refractivity contribution in [2.75, 3.05) is 5.32 Å². The van der Waals surface area contributed by atoms with Crippen LogP contribution >= 0.6 is 0 Å². The van der Waals surface area contributed by atoms with Crippen LogP contribution in [0.3, 0.4) is 0 Å². The molecule has 9 heteroatoms. The molecule has 140 valence electrons. The highest BCUT2D eigenvalue weighted by atomic mass is 32.2. The number of nitrogens with zero attached hydrogens (tertiary/aromatic N) is 2. The third-order valence-corrected chi connectivity index (χ3v) is 4.94. The van der Waals surface area contributed by atoms with E-state index < -0.39 is 27.0 Å². The number of carbonyl (C=O) groups excluding carboxylic acids is 1. The molecule has 2 amide bonds. The van der Waals surface area contributed by atoms with Gasteiger partial charge in [0.2, 0.25) is 5.95 Å². The van der Waals surface area contributed by atoms with Gasteiger partial charge in [0, 0.05) is 5.69 Å². The Morgan fingerprint density at radius 3 is 2.04 bits per heavy atom. The molecule has 0 aliphatic rings. The summed E-state index contributed by atoms with van der Waals surface area (Å²) in [7, 11) is -4.26. The van der Waals surface area contributed by atoms with Crippen molar-refractivity contribution in [3.63, 3.8) is 0 Å². The Bertz CT molecular complexity index is 870. The van der Waals surface area contributed by atoms with Gasteiger partial charge in [-0.3, -0.25) is 0 Å².